The zero-order valence-corrected chi connectivity index (χ0v) is 13.7. The van der Waals surface area contributed by atoms with Gasteiger partial charge in [-0.05, 0) is 13.8 Å². The minimum atomic E-state index is -0.379. The summed E-state index contributed by atoms with van der Waals surface area (Å²) in [6.45, 7) is 4.11. The van der Waals surface area contributed by atoms with E-state index in [0.717, 1.165) is 0 Å². The average Bonchev–Trinajstić information content (AvgIpc) is 3.21. The first-order valence-electron chi connectivity index (χ1n) is 7.25. The molecule has 0 aliphatic carbocycles. The maximum atomic E-state index is 11.5. The van der Waals surface area contributed by atoms with Crippen LogP contribution < -0.4 is 9.13 Å². The van der Waals surface area contributed by atoms with Crippen LogP contribution in [-0.2, 0) is 25.7 Å². The molecule has 2 rings (SSSR count). The van der Waals surface area contributed by atoms with Crippen molar-refractivity contribution in [2.24, 2.45) is 0 Å². The van der Waals surface area contributed by atoms with Crippen molar-refractivity contribution in [3.05, 3.63) is 37.4 Å². The molecule has 0 bridgehead atoms. The first-order chi connectivity index (χ1) is 11.0. The number of esters is 2. The van der Waals surface area contributed by atoms with Crippen LogP contribution >= 0.6 is 0 Å². The molecule has 23 heavy (non-hydrogen) atoms. The summed E-state index contributed by atoms with van der Waals surface area (Å²) in [5.41, 5.74) is 0. The molecule has 0 spiro atoms. The highest BCUT2D eigenvalue weighted by molar-refractivity contribution is 5.73. The molecular weight excluding hydrogens is 300 g/mol. The Morgan fingerprint density at radius 3 is 1.65 bits per heavy atom. The third-order valence-corrected chi connectivity index (χ3v) is 3.73. The fourth-order valence-electron chi connectivity index (χ4n) is 2.22. The predicted molar refractivity (Wildman–Crippen MR) is 78.1 cm³/mol. The van der Waals surface area contributed by atoms with Crippen LogP contribution in [0.2, 0.25) is 0 Å². The molecule has 8 nitrogen and oxygen atoms in total. The van der Waals surface area contributed by atoms with Gasteiger partial charge in [0.1, 0.15) is 24.8 Å². The maximum absolute atomic E-state index is 11.5. The van der Waals surface area contributed by atoms with Crippen LogP contribution in [0.3, 0.4) is 0 Å². The second-order valence-electron chi connectivity index (χ2n) is 5.29. The zero-order valence-electron chi connectivity index (χ0n) is 13.7. The lowest BCUT2D eigenvalue weighted by Crippen LogP contribution is -2.49. The lowest BCUT2D eigenvalue weighted by atomic mass is 10.3. The van der Waals surface area contributed by atoms with Crippen molar-refractivity contribution in [3.63, 3.8) is 0 Å². The number of carbonyl (C=O) groups is 2. The van der Waals surface area contributed by atoms with Crippen LogP contribution in [0, 0.1) is 0 Å². The molecule has 2 atom stereocenters. The second-order valence-corrected chi connectivity index (χ2v) is 5.29. The highest BCUT2D eigenvalue weighted by Gasteiger charge is 2.23. The summed E-state index contributed by atoms with van der Waals surface area (Å²) in [6.07, 6.45) is 11.0. The number of hydrogen-bond donors (Lipinski definition) is 0. The first-order valence-corrected chi connectivity index (χ1v) is 7.25. The Hall–Kier alpha value is -2.64. The summed E-state index contributed by atoms with van der Waals surface area (Å²) in [6, 6.07) is -0.759. The number of ether oxygens (including phenoxy) is 2. The quantitative estimate of drug-likeness (QED) is 0.547. The van der Waals surface area contributed by atoms with Crippen LogP contribution in [0.15, 0.2) is 37.4 Å². The van der Waals surface area contributed by atoms with Crippen LogP contribution in [0.4, 0.5) is 0 Å². The molecule has 0 amide bonds. The normalized spacial score (nSPS) is 13.4. The van der Waals surface area contributed by atoms with Crippen LogP contribution in [-0.4, -0.2) is 35.3 Å². The fraction of sp³-hybridized carbons (Fsp3) is 0.467. The molecule has 0 saturated carbocycles. The van der Waals surface area contributed by atoms with Crippen molar-refractivity contribution < 1.29 is 28.2 Å². The fourth-order valence-corrected chi connectivity index (χ4v) is 2.22. The van der Waals surface area contributed by atoms with Gasteiger partial charge in [-0.1, -0.05) is 0 Å². The largest absolute Gasteiger partial charge is 0.466 e. The van der Waals surface area contributed by atoms with E-state index in [2.05, 4.69) is 0 Å². The standard InChI is InChI=1S/C15H22N4O4/c1-12(14(20)22-3)18-7-5-16(10-18)9-17-6-8-19(11-17)13(2)15(21)23-4/h5-8,10-13H,9H2,1-4H3/q+2/t12-,13-/m0/s1. The van der Waals surface area contributed by atoms with E-state index in [4.69, 9.17) is 9.47 Å². The van der Waals surface area contributed by atoms with Gasteiger partial charge in [0.15, 0.2) is 12.1 Å². The van der Waals surface area contributed by atoms with Gasteiger partial charge in [0.2, 0.25) is 19.3 Å². The number of imidazole rings is 2. The Morgan fingerprint density at radius 1 is 0.913 bits per heavy atom. The molecule has 2 heterocycles. The molecule has 124 valence electrons. The van der Waals surface area contributed by atoms with E-state index in [1.807, 2.05) is 46.6 Å². The minimum absolute atomic E-state index is 0.293. The molecule has 0 aliphatic heterocycles. The first kappa shape index (κ1) is 16.7. The Bertz CT molecular complexity index is 633. The topological polar surface area (TPSA) is 70.2 Å². The minimum Gasteiger partial charge on any atom is -0.466 e. The van der Waals surface area contributed by atoms with E-state index in [-0.39, 0.29) is 24.0 Å². The van der Waals surface area contributed by atoms with Gasteiger partial charge < -0.3 is 9.47 Å². The molecule has 8 heteroatoms. The molecule has 0 aromatic carbocycles. The summed E-state index contributed by atoms with van der Waals surface area (Å²) in [4.78, 5) is 23.1. The molecule has 0 aliphatic rings. The van der Waals surface area contributed by atoms with Gasteiger partial charge in [0.05, 0.1) is 14.2 Å². The Kier molecular flexibility index (Phi) is 5.15. The van der Waals surface area contributed by atoms with Crippen molar-refractivity contribution >= 4 is 11.9 Å². The highest BCUT2D eigenvalue weighted by Crippen LogP contribution is 2.06. The van der Waals surface area contributed by atoms with E-state index in [1.165, 1.54) is 14.2 Å². The van der Waals surface area contributed by atoms with Crippen molar-refractivity contribution in [3.8, 4) is 0 Å². The number of nitrogens with zero attached hydrogens (tertiary/aromatic N) is 4. The van der Waals surface area contributed by atoms with Gasteiger partial charge in [0.25, 0.3) is 0 Å². The Labute approximate surface area is 134 Å². The smallest absolute Gasteiger partial charge is 0.351 e. The summed E-state index contributed by atoms with van der Waals surface area (Å²) in [5, 5.41) is 0. The van der Waals surface area contributed by atoms with Crippen molar-refractivity contribution in [1.82, 2.24) is 9.13 Å². The van der Waals surface area contributed by atoms with E-state index in [1.54, 1.807) is 23.0 Å². The number of aromatic nitrogens is 4. The zero-order chi connectivity index (χ0) is 17.0. The van der Waals surface area contributed by atoms with Gasteiger partial charge in [-0.15, -0.1) is 0 Å². The van der Waals surface area contributed by atoms with E-state index >= 15 is 0 Å². The molecule has 0 fully saturated rings. The lowest BCUT2D eigenvalue weighted by Gasteiger charge is -2.04. The molecular formula is C15H22N4O4+2. The third kappa shape index (κ3) is 3.77. The SMILES string of the molecule is COC(=O)[C@H](C)n1cc[n+](C[n+]2ccn([C@@H](C)C(=O)OC)c2)c1. The highest BCUT2D eigenvalue weighted by atomic mass is 16.5. The van der Waals surface area contributed by atoms with Crippen LogP contribution in [0.25, 0.3) is 0 Å². The van der Waals surface area contributed by atoms with E-state index < -0.39 is 0 Å². The number of methoxy groups -OCH3 is 2. The molecule has 0 N–H and O–H groups in total. The van der Waals surface area contributed by atoms with Crippen LogP contribution in [0.5, 0.6) is 0 Å². The van der Waals surface area contributed by atoms with Gasteiger partial charge in [-0.2, -0.15) is 9.13 Å². The number of carbonyl (C=O) groups excluding carboxylic acids is 2. The van der Waals surface area contributed by atoms with Crippen molar-refractivity contribution in [1.29, 1.82) is 0 Å². The summed E-state index contributed by atoms with van der Waals surface area (Å²) in [7, 11) is 2.74. The summed E-state index contributed by atoms with van der Waals surface area (Å²) >= 11 is 0. The molecule has 2 aromatic rings. The van der Waals surface area contributed by atoms with Gasteiger partial charge in [0, 0.05) is 0 Å². The predicted octanol–water partition coefficient (Wildman–Crippen LogP) is -0.162. The van der Waals surface area contributed by atoms with Gasteiger partial charge in [-0.3, -0.25) is 0 Å². The van der Waals surface area contributed by atoms with Crippen molar-refractivity contribution in [2.45, 2.75) is 32.6 Å². The van der Waals surface area contributed by atoms with E-state index in [0.29, 0.717) is 6.67 Å². The summed E-state index contributed by atoms with van der Waals surface area (Å²) < 4.78 is 16.9. The average molecular weight is 322 g/mol. The monoisotopic (exact) mass is 322 g/mol. The van der Waals surface area contributed by atoms with Gasteiger partial charge >= 0.3 is 11.9 Å². The summed E-state index contributed by atoms with van der Waals surface area (Å²) in [5.74, 6) is -0.586. The molecule has 2 aromatic heterocycles. The van der Waals surface area contributed by atoms with Crippen molar-refractivity contribution in [2.75, 3.05) is 14.2 Å². The number of hydrogen-bond acceptors (Lipinski definition) is 4. The van der Waals surface area contributed by atoms with E-state index in [9.17, 15) is 9.59 Å². The molecule has 0 radical (unpaired) electrons. The lowest BCUT2D eigenvalue weighted by molar-refractivity contribution is -0.912. The van der Waals surface area contributed by atoms with Gasteiger partial charge in [-0.25, -0.2) is 18.7 Å². The van der Waals surface area contributed by atoms with Crippen LogP contribution in [0.1, 0.15) is 25.9 Å². The third-order valence-electron chi connectivity index (χ3n) is 3.73. The Balaban J connectivity index is 2.06. The maximum Gasteiger partial charge on any atom is 0.351 e. The number of rotatable bonds is 6. The Morgan fingerprint density at radius 2 is 1.30 bits per heavy atom. The molecule has 0 saturated heterocycles. The second kappa shape index (κ2) is 7.08. The molecule has 0 unspecified atom stereocenters.